The number of aryl methyl sites for hydroxylation is 2. The Morgan fingerprint density at radius 2 is 1.75 bits per heavy atom. The topological polar surface area (TPSA) is 43.4 Å². The second-order valence-corrected chi connectivity index (χ2v) is 9.46. The number of benzene rings is 2. The average Bonchev–Trinajstić information content (AvgIpc) is 2.55. The number of ether oxygens (including phenoxy) is 1. The molecular formula is C20H24O3S. The minimum atomic E-state index is -3.41. The zero-order valence-electron chi connectivity index (χ0n) is 14.5. The van der Waals surface area contributed by atoms with Gasteiger partial charge in [0.15, 0.2) is 9.84 Å². The Bertz CT molecular complexity index is 824. The lowest BCUT2D eigenvalue weighted by atomic mass is 9.92. The zero-order chi connectivity index (χ0) is 17.4. The Hall–Kier alpha value is -1.65. The fraction of sp³-hybridized carbons (Fsp3) is 0.400. The Morgan fingerprint density at radius 3 is 2.42 bits per heavy atom. The minimum absolute atomic E-state index is 0.177. The number of hydrogen-bond donors (Lipinski definition) is 0. The van der Waals surface area contributed by atoms with Crippen LogP contribution in [-0.4, -0.2) is 19.8 Å². The maximum atomic E-state index is 13.2. The van der Waals surface area contributed by atoms with Crippen molar-refractivity contribution in [2.75, 3.05) is 6.61 Å². The van der Waals surface area contributed by atoms with E-state index in [0.717, 1.165) is 11.1 Å². The Morgan fingerprint density at radius 1 is 1.04 bits per heavy atom. The first-order chi connectivity index (χ1) is 11.3. The van der Waals surface area contributed by atoms with Crippen molar-refractivity contribution in [2.24, 2.45) is 0 Å². The molecule has 0 saturated carbocycles. The van der Waals surface area contributed by atoms with Gasteiger partial charge in [-0.05, 0) is 56.9 Å². The third-order valence-corrected chi connectivity index (χ3v) is 7.51. The smallest absolute Gasteiger partial charge is 0.184 e. The minimum Gasteiger partial charge on any atom is -0.373 e. The second kappa shape index (κ2) is 6.34. The van der Waals surface area contributed by atoms with Crippen LogP contribution < -0.4 is 0 Å². The molecule has 1 aliphatic rings. The van der Waals surface area contributed by atoms with Gasteiger partial charge in [0.1, 0.15) is 0 Å². The predicted molar refractivity (Wildman–Crippen MR) is 95.9 cm³/mol. The van der Waals surface area contributed by atoms with Crippen molar-refractivity contribution < 1.29 is 13.2 Å². The van der Waals surface area contributed by atoms with E-state index in [4.69, 9.17) is 4.74 Å². The van der Waals surface area contributed by atoms with Gasteiger partial charge in [0.2, 0.25) is 0 Å². The fourth-order valence-corrected chi connectivity index (χ4v) is 5.17. The Kier molecular flexibility index (Phi) is 4.54. The van der Waals surface area contributed by atoms with Crippen molar-refractivity contribution in [1.29, 1.82) is 0 Å². The standard InChI is InChI=1S/C20H24O3S/c1-15-7-9-17(10-8-15)19-14-20(3,11-12-23-19)24(21,22)18-6-4-5-16(2)13-18/h4-10,13,19H,11-12,14H2,1-3H3/t19-,20-/m1/s1. The fourth-order valence-electron chi connectivity index (χ4n) is 3.28. The van der Waals surface area contributed by atoms with Crippen molar-refractivity contribution in [3.8, 4) is 0 Å². The normalized spacial score (nSPS) is 24.7. The molecule has 128 valence electrons. The van der Waals surface area contributed by atoms with E-state index >= 15 is 0 Å². The van der Waals surface area contributed by atoms with Gasteiger partial charge in [-0.25, -0.2) is 8.42 Å². The molecular weight excluding hydrogens is 320 g/mol. The molecule has 0 amide bonds. The van der Waals surface area contributed by atoms with Crippen LogP contribution in [0.4, 0.5) is 0 Å². The van der Waals surface area contributed by atoms with Gasteiger partial charge >= 0.3 is 0 Å². The van der Waals surface area contributed by atoms with Crippen LogP contribution in [-0.2, 0) is 14.6 Å². The largest absolute Gasteiger partial charge is 0.373 e. The van der Waals surface area contributed by atoms with Crippen molar-refractivity contribution in [3.63, 3.8) is 0 Å². The van der Waals surface area contributed by atoms with Crippen LogP contribution in [0.5, 0.6) is 0 Å². The number of sulfone groups is 1. The van der Waals surface area contributed by atoms with Gasteiger partial charge in [0.05, 0.1) is 15.7 Å². The van der Waals surface area contributed by atoms with Crippen LogP contribution in [0.15, 0.2) is 53.4 Å². The highest BCUT2D eigenvalue weighted by molar-refractivity contribution is 7.92. The lowest BCUT2D eigenvalue weighted by Crippen LogP contribution is -2.42. The molecule has 2 atom stereocenters. The van der Waals surface area contributed by atoms with Crippen molar-refractivity contribution in [1.82, 2.24) is 0 Å². The molecule has 2 aromatic rings. The van der Waals surface area contributed by atoms with E-state index in [2.05, 4.69) is 0 Å². The quantitative estimate of drug-likeness (QED) is 0.829. The van der Waals surface area contributed by atoms with Crippen LogP contribution >= 0.6 is 0 Å². The molecule has 1 aliphatic heterocycles. The Labute approximate surface area is 144 Å². The molecule has 0 aromatic heterocycles. The molecule has 24 heavy (non-hydrogen) atoms. The van der Waals surface area contributed by atoms with Crippen molar-refractivity contribution in [2.45, 2.75) is 49.4 Å². The van der Waals surface area contributed by atoms with Crippen molar-refractivity contribution >= 4 is 9.84 Å². The third-order valence-electron chi connectivity index (χ3n) is 4.96. The summed E-state index contributed by atoms with van der Waals surface area (Å²) < 4.78 is 31.6. The maximum Gasteiger partial charge on any atom is 0.184 e. The van der Waals surface area contributed by atoms with Crippen LogP contribution in [0.1, 0.15) is 42.6 Å². The van der Waals surface area contributed by atoms with Gasteiger partial charge in [-0.1, -0.05) is 42.0 Å². The highest BCUT2D eigenvalue weighted by Crippen LogP contribution is 2.41. The summed E-state index contributed by atoms with van der Waals surface area (Å²) in [6.07, 6.45) is 0.821. The highest BCUT2D eigenvalue weighted by Gasteiger charge is 2.45. The molecule has 0 unspecified atom stereocenters. The van der Waals surface area contributed by atoms with E-state index in [1.807, 2.05) is 57.2 Å². The number of hydrogen-bond acceptors (Lipinski definition) is 3. The monoisotopic (exact) mass is 344 g/mol. The van der Waals surface area contributed by atoms with Crippen LogP contribution in [0.3, 0.4) is 0 Å². The van der Waals surface area contributed by atoms with E-state index < -0.39 is 14.6 Å². The number of rotatable bonds is 3. The molecule has 1 heterocycles. The van der Waals surface area contributed by atoms with Gasteiger partial charge < -0.3 is 4.74 Å². The first-order valence-corrected chi connectivity index (χ1v) is 9.80. The molecule has 3 nitrogen and oxygen atoms in total. The summed E-state index contributed by atoms with van der Waals surface area (Å²) in [5, 5.41) is 0. The highest BCUT2D eigenvalue weighted by atomic mass is 32.2. The van der Waals surface area contributed by atoms with Gasteiger partial charge in [-0.2, -0.15) is 0 Å². The summed E-state index contributed by atoms with van der Waals surface area (Å²) in [7, 11) is -3.41. The van der Waals surface area contributed by atoms with Gasteiger partial charge in [-0.15, -0.1) is 0 Å². The summed E-state index contributed by atoms with van der Waals surface area (Å²) in [5.41, 5.74) is 3.19. The molecule has 4 heteroatoms. The molecule has 2 aromatic carbocycles. The lowest BCUT2D eigenvalue weighted by Gasteiger charge is -2.38. The first-order valence-electron chi connectivity index (χ1n) is 8.31. The molecule has 0 spiro atoms. The molecule has 1 fully saturated rings. The van der Waals surface area contributed by atoms with Gasteiger partial charge in [-0.3, -0.25) is 0 Å². The third kappa shape index (κ3) is 3.13. The van der Waals surface area contributed by atoms with Gasteiger partial charge in [0, 0.05) is 6.61 Å². The molecule has 0 aliphatic carbocycles. The second-order valence-electron chi connectivity index (χ2n) is 6.99. The SMILES string of the molecule is Cc1ccc([C@H]2C[C@](C)(S(=O)(=O)c3cccc(C)c3)CCO2)cc1. The van der Waals surface area contributed by atoms with Crippen LogP contribution in [0.2, 0.25) is 0 Å². The van der Waals surface area contributed by atoms with E-state index in [1.165, 1.54) is 5.56 Å². The maximum absolute atomic E-state index is 13.2. The molecule has 1 saturated heterocycles. The van der Waals surface area contributed by atoms with E-state index in [9.17, 15) is 8.42 Å². The summed E-state index contributed by atoms with van der Waals surface area (Å²) in [6.45, 7) is 6.27. The first kappa shape index (κ1) is 17.2. The zero-order valence-corrected chi connectivity index (χ0v) is 15.3. The Balaban J connectivity index is 1.93. The summed E-state index contributed by atoms with van der Waals surface area (Å²) in [4.78, 5) is 0.412. The average molecular weight is 344 g/mol. The summed E-state index contributed by atoms with van der Waals surface area (Å²) >= 11 is 0. The van der Waals surface area contributed by atoms with Crippen LogP contribution in [0.25, 0.3) is 0 Å². The summed E-state index contributed by atoms with van der Waals surface area (Å²) in [6, 6.07) is 15.3. The molecule has 3 rings (SSSR count). The predicted octanol–water partition coefficient (Wildman–Crippen LogP) is 4.39. The molecule has 0 N–H and O–H groups in total. The van der Waals surface area contributed by atoms with Gasteiger partial charge in [0.25, 0.3) is 0 Å². The molecule has 0 radical (unpaired) electrons. The molecule has 0 bridgehead atoms. The van der Waals surface area contributed by atoms with Crippen molar-refractivity contribution in [3.05, 3.63) is 65.2 Å². The van der Waals surface area contributed by atoms with Crippen LogP contribution in [0, 0.1) is 13.8 Å². The van der Waals surface area contributed by atoms with E-state index in [-0.39, 0.29) is 6.10 Å². The van der Waals surface area contributed by atoms with E-state index in [1.54, 1.807) is 12.1 Å². The summed E-state index contributed by atoms with van der Waals surface area (Å²) in [5.74, 6) is 0. The lowest BCUT2D eigenvalue weighted by molar-refractivity contribution is 0.000307. The van der Waals surface area contributed by atoms with E-state index in [0.29, 0.717) is 24.3 Å².